The van der Waals surface area contributed by atoms with E-state index in [0.717, 1.165) is 61.3 Å². The summed E-state index contributed by atoms with van der Waals surface area (Å²) < 4.78 is 1.99. The lowest BCUT2D eigenvalue weighted by atomic mass is 9.82. The second-order valence-corrected chi connectivity index (χ2v) is 11.3. The molecule has 2 aromatic rings. The van der Waals surface area contributed by atoms with Crippen LogP contribution in [0.1, 0.15) is 76.3 Å². The van der Waals surface area contributed by atoms with Crippen LogP contribution >= 0.6 is 0 Å². The third kappa shape index (κ3) is 5.58. The lowest BCUT2D eigenvalue weighted by molar-refractivity contribution is -0.121. The fourth-order valence-corrected chi connectivity index (χ4v) is 6.55. The zero-order chi connectivity index (χ0) is 24.4. The Kier molecular flexibility index (Phi) is 7.47. The highest BCUT2D eigenvalue weighted by molar-refractivity contribution is 5.87. The zero-order valence-electron chi connectivity index (χ0n) is 21.8. The molecule has 2 unspecified atom stereocenters. The second kappa shape index (κ2) is 10.7. The maximum Gasteiger partial charge on any atom is 0.224 e. The number of nitrogens with zero attached hydrogens (tertiary/aromatic N) is 4. The van der Waals surface area contributed by atoms with Gasteiger partial charge in [0.25, 0.3) is 0 Å². The highest BCUT2D eigenvalue weighted by Gasteiger charge is 2.28. The number of carbonyl (C=O) groups is 1. The minimum atomic E-state index is 0.0617. The lowest BCUT2D eigenvalue weighted by Crippen LogP contribution is -2.46. The molecule has 190 valence electrons. The Labute approximate surface area is 210 Å². The van der Waals surface area contributed by atoms with Gasteiger partial charge in [0.1, 0.15) is 0 Å². The molecule has 3 heterocycles. The first-order valence-corrected chi connectivity index (χ1v) is 13.9. The van der Waals surface area contributed by atoms with Gasteiger partial charge < -0.3 is 10.2 Å². The number of piperazine rings is 1. The van der Waals surface area contributed by atoms with E-state index < -0.39 is 0 Å². The first-order chi connectivity index (χ1) is 17.0. The molecule has 6 heteroatoms. The highest BCUT2D eigenvalue weighted by atomic mass is 16.1. The minimum Gasteiger partial charge on any atom is -0.369 e. The summed E-state index contributed by atoms with van der Waals surface area (Å²) in [5.41, 5.74) is 4.25. The van der Waals surface area contributed by atoms with Gasteiger partial charge in [0, 0.05) is 62.3 Å². The number of aryl methyl sites for hydroxylation is 1. The molecule has 3 fully saturated rings. The van der Waals surface area contributed by atoms with Crippen molar-refractivity contribution in [2.75, 3.05) is 37.6 Å². The molecule has 0 bridgehead atoms. The number of aromatic nitrogens is 2. The molecule has 0 spiro atoms. The van der Waals surface area contributed by atoms with Crippen molar-refractivity contribution >= 4 is 22.5 Å². The van der Waals surface area contributed by atoms with Crippen LogP contribution in [-0.4, -0.2) is 53.3 Å². The van der Waals surface area contributed by atoms with Crippen molar-refractivity contribution in [1.82, 2.24) is 20.0 Å². The molecule has 0 radical (unpaired) electrons. The number of hydrogen-bond acceptors (Lipinski definition) is 4. The molecule has 35 heavy (non-hydrogen) atoms. The number of amides is 1. The van der Waals surface area contributed by atoms with Crippen LogP contribution < -0.4 is 10.2 Å². The van der Waals surface area contributed by atoms with Gasteiger partial charge in [0.05, 0.1) is 11.2 Å². The summed E-state index contributed by atoms with van der Waals surface area (Å²) in [5.74, 6) is 2.00. The molecule has 1 amide bonds. The quantitative estimate of drug-likeness (QED) is 0.596. The molecular weight excluding hydrogens is 434 g/mol. The van der Waals surface area contributed by atoms with Crippen molar-refractivity contribution < 1.29 is 4.79 Å². The van der Waals surface area contributed by atoms with Crippen molar-refractivity contribution in [3.8, 4) is 0 Å². The van der Waals surface area contributed by atoms with Crippen LogP contribution in [-0.2, 0) is 11.8 Å². The van der Waals surface area contributed by atoms with E-state index in [0.29, 0.717) is 6.42 Å². The predicted molar refractivity (Wildman–Crippen MR) is 144 cm³/mol. The summed E-state index contributed by atoms with van der Waals surface area (Å²) in [6.45, 7) is 12.3. The number of anilines is 1. The highest BCUT2D eigenvalue weighted by Crippen LogP contribution is 2.35. The summed E-state index contributed by atoms with van der Waals surface area (Å²) in [5, 5.41) is 8.93. The van der Waals surface area contributed by atoms with Gasteiger partial charge in [-0.3, -0.25) is 14.4 Å². The standard InChI is InChI=1S/C29H43N5O/c1-21(19-23-7-5-4-6-8-23)13-14-33-15-17-34(18-16-33)24-9-10-26-27(20-24)32(3)31-29(26)25-11-12-28(35)30-22(25)2/h9-10,20-21,23,25H,2,4-8,11-19H2,1,3H3,(H,30,35). The maximum atomic E-state index is 11.7. The lowest BCUT2D eigenvalue weighted by Gasteiger charge is -2.36. The monoisotopic (exact) mass is 477 g/mol. The first kappa shape index (κ1) is 24.4. The Balaban J connectivity index is 1.16. The van der Waals surface area contributed by atoms with E-state index in [-0.39, 0.29) is 11.8 Å². The zero-order valence-corrected chi connectivity index (χ0v) is 21.8. The average Bonchev–Trinajstić information content (AvgIpc) is 3.19. The third-order valence-electron chi connectivity index (χ3n) is 8.71. The van der Waals surface area contributed by atoms with E-state index in [1.54, 1.807) is 0 Å². The number of hydrogen-bond donors (Lipinski definition) is 1. The van der Waals surface area contributed by atoms with E-state index in [4.69, 9.17) is 5.10 Å². The van der Waals surface area contributed by atoms with Crippen LogP contribution in [0.5, 0.6) is 0 Å². The van der Waals surface area contributed by atoms with E-state index in [1.165, 1.54) is 62.6 Å². The Morgan fingerprint density at radius 2 is 1.89 bits per heavy atom. The van der Waals surface area contributed by atoms with E-state index >= 15 is 0 Å². The minimum absolute atomic E-state index is 0.0617. The Bertz CT molecular complexity index is 1040. The summed E-state index contributed by atoms with van der Waals surface area (Å²) >= 11 is 0. The van der Waals surface area contributed by atoms with Crippen molar-refractivity contribution in [3.63, 3.8) is 0 Å². The van der Waals surface area contributed by atoms with Crippen molar-refractivity contribution in [2.24, 2.45) is 18.9 Å². The molecule has 3 aliphatic rings. The van der Waals surface area contributed by atoms with E-state index in [9.17, 15) is 4.79 Å². The molecule has 2 saturated heterocycles. The molecule has 1 N–H and O–H groups in total. The van der Waals surface area contributed by atoms with E-state index in [2.05, 4.69) is 46.8 Å². The Morgan fingerprint density at radius 3 is 2.63 bits per heavy atom. The van der Waals surface area contributed by atoms with Crippen LogP contribution in [0.15, 0.2) is 30.5 Å². The number of benzene rings is 1. The number of nitrogens with one attached hydrogen (secondary N) is 1. The normalized spacial score (nSPS) is 23.6. The van der Waals surface area contributed by atoms with Crippen LogP contribution in [0.3, 0.4) is 0 Å². The Hall–Kier alpha value is -2.34. The number of allylic oxidation sites excluding steroid dienone is 1. The van der Waals surface area contributed by atoms with Gasteiger partial charge >= 0.3 is 0 Å². The number of carbonyl (C=O) groups excluding carboxylic acids is 1. The average molecular weight is 478 g/mol. The number of piperidine rings is 1. The molecule has 2 aliphatic heterocycles. The van der Waals surface area contributed by atoms with Crippen LogP contribution in [0.25, 0.3) is 10.9 Å². The SMILES string of the molecule is C=C1NC(=O)CCC1c1nn(C)c2cc(N3CCN(CCC(C)CC4CCCCC4)CC3)ccc12. The molecule has 6 nitrogen and oxygen atoms in total. The topological polar surface area (TPSA) is 53.4 Å². The van der Waals surface area contributed by atoms with E-state index in [1.807, 2.05) is 11.7 Å². The van der Waals surface area contributed by atoms with Gasteiger partial charge in [0.2, 0.25) is 5.91 Å². The predicted octanol–water partition coefficient (Wildman–Crippen LogP) is 5.20. The van der Waals surface area contributed by atoms with Gasteiger partial charge in [-0.2, -0.15) is 5.10 Å². The molecular formula is C29H43N5O. The summed E-state index contributed by atoms with van der Waals surface area (Å²) in [6.07, 6.45) is 11.4. The molecule has 1 aromatic carbocycles. The number of rotatable bonds is 7. The fourth-order valence-electron chi connectivity index (χ4n) is 6.55. The smallest absolute Gasteiger partial charge is 0.224 e. The van der Waals surface area contributed by atoms with Gasteiger partial charge in [-0.15, -0.1) is 0 Å². The summed E-state index contributed by atoms with van der Waals surface area (Å²) in [7, 11) is 2.02. The third-order valence-corrected chi connectivity index (χ3v) is 8.71. The maximum absolute atomic E-state index is 11.7. The molecule has 1 saturated carbocycles. The fraction of sp³-hybridized carbons (Fsp3) is 0.655. The summed E-state index contributed by atoms with van der Waals surface area (Å²) in [4.78, 5) is 16.9. The molecule has 1 aliphatic carbocycles. The van der Waals surface area contributed by atoms with Gasteiger partial charge in [-0.05, 0) is 55.8 Å². The molecule has 5 rings (SSSR count). The van der Waals surface area contributed by atoms with Crippen molar-refractivity contribution in [2.45, 2.75) is 70.6 Å². The van der Waals surface area contributed by atoms with Crippen molar-refractivity contribution in [3.05, 3.63) is 36.2 Å². The van der Waals surface area contributed by atoms with Crippen LogP contribution in [0.4, 0.5) is 5.69 Å². The first-order valence-electron chi connectivity index (χ1n) is 13.9. The van der Waals surface area contributed by atoms with Gasteiger partial charge in [0.15, 0.2) is 0 Å². The van der Waals surface area contributed by atoms with Crippen molar-refractivity contribution in [1.29, 1.82) is 0 Å². The van der Waals surface area contributed by atoms with Gasteiger partial charge in [-0.25, -0.2) is 0 Å². The Morgan fingerprint density at radius 1 is 1.11 bits per heavy atom. The molecule has 1 aromatic heterocycles. The largest absolute Gasteiger partial charge is 0.369 e. The molecule has 2 atom stereocenters. The number of fused-ring (bicyclic) bond motifs is 1. The summed E-state index contributed by atoms with van der Waals surface area (Å²) in [6, 6.07) is 6.76. The van der Waals surface area contributed by atoms with Crippen LogP contribution in [0, 0.1) is 11.8 Å². The van der Waals surface area contributed by atoms with Crippen LogP contribution in [0.2, 0.25) is 0 Å². The second-order valence-electron chi connectivity index (χ2n) is 11.3. The van der Waals surface area contributed by atoms with Gasteiger partial charge in [-0.1, -0.05) is 45.6 Å².